The first kappa shape index (κ1) is 26.6. The molecule has 1 aliphatic carbocycles. The van der Waals surface area contributed by atoms with Crippen LogP contribution in [0.2, 0.25) is 0 Å². The van der Waals surface area contributed by atoms with Crippen LogP contribution in [0.4, 0.5) is 0 Å². The zero-order chi connectivity index (χ0) is 21.3. The Bertz CT molecular complexity index is 1080. The molecule has 32 heavy (non-hydrogen) atoms. The van der Waals surface area contributed by atoms with Crippen molar-refractivity contribution in [1.29, 1.82) is 0 Å². The van der Waals surface area contributed by atoms with E-state index in [1.807, 2.05) is 7.11 Å². The molecule has 0 saturated heterocycles. The van der Waals surface area contributed by atoms with Gasteiger partial charge in [-0.05, 0) is 0 Å². The predicted octanol–water partition coefficient (Wildman–Crippen LogP) is -0.554. The second-order valence-corrected chi connectivity index (χ2v) is 13.6. The van der Waals surface area contributed by atoms with Gasteiger partial charge in [-0.3, -0.25) is 0 Å². The molecule has 1 atom stereocenters. The van der Waals surface area contributed by atoms with E-state index in [1.165, 1.54) is 39.5 Å². The van der Waals surface area contributed by atoms with Crippen molar-refractivity contribution < 1.29 is 45.1 Å². The maximum Gasteiger partial charge on any atom is -1.00 e. The Morgan fingerprint density at radius 3 is 1.56 bits per heavy atom. The fourth-order valence-corrected chi connectivity index (χ4v) is 11.1. The fraction of sp³-hybridized carbons (Fsp3) is 0.214. The molecule has 0 aliphatic heterocycles. The summed E-state index contributed by atoms with van der Waals surface area (Å²) in [5.41, 5.74) is 7.14. The molecule has 3 aromatic carbocycles. The van der Waals surface area contributed by atoms with Crippen molar-refractivity contribution in [3.8, 4) is 0 Å². The van der Waals surface area contributed by atoms with E-state index >= 15 is 0 Å². The molecule has 3 aromatic rings. The van der Waals surface area contributed by atoms with E-state index in [2.05, 4.69) is 113 Å². The van der Waals surface area contributed by atoms with Crippen molar-refractivity contribution in [2.24, 2.45) is 5.92 Å². The molecule has 0 bridgehead atoms. The van der Waals surface area contributed by atoms with Crippen molar-refractivity contribution in [3.05, 3.63) is 107 Å². The van der Waals surface area contributed by atoms with Crippen molar-refractivity contribution >= 4 is 17.2 Å². The summed E-state index contributed by atoms with van der Waals surface area (Å²) < 4.78 is 10.7. The van der Waals surface area contributed by atoms with Gasteiger partial charge in [0.2, 0.25) is 0 Å². The third kappa shape index (κ3) is 4.30. The van der Waals surface area contributed by atoms with Gasteiger partial charge in [-0.25, -0.2) is 0 Å². The largest absolute Gasteiger partial charge is 1.00 e. The summed E-state index contributed by atoms with van der Waals surface area (Å²) >= 11 is -3.36. The maximum atomic E-state index is 6.67. The van der Waals surface area contributed by atoms with Gasteiger partial charge in [-0.1, -0.05) is 0 Å². The average Bonchev–Trinajstić information content (AvgIpc) is 2.99. The molecule has 0 amide bonds. The number of hydrogen-bond acceptors (Lipinski definition) is 1. The minimum Gasteiger partial charge on any atom is -1.00 e. The number of benzene rings is 3. The molecule has 1 unspecified atom stereocenters. The summed E-state index contributed by atoms with van der Waals surface area (Å²) in [6.07, 6.45) is 0. The van der Waals surface area contributed by atoms with E-state index in [0.717, 1.165) is 0 Å². The van der Waals surface area contributed by atoms with Crippen LogP contribution in [0.15, 0.2) is 102 Å². The Balaban J connectivity index is 0.00000181. The van der Waals surface area contributed by atoms with Gasteiger partial charge in [0.1, 0.15) is 0 Å². The Hall–Kier alpha value is -1.61. The van der Waals surface area contributed by atoms with E-state index in [4.69, 9.17) is 3.32 Å². The van der Waals surface area contributed by atoms with Gasteiger partial charge in [0.25, 0.3) is 0 Å². The van der Waals surface area contributed by atoms with Crippen LogP contribution < -0.4 is 36.4 Å². The monoisotopic (exact) mass is 500 g/mol. The third-order valence-electron chi connectivity index (χ3n) is 6.90. The molecule has 1 nitrogen and oxygen atoms in total. The molecule has 0 saturated carbocycles. The quantitative estimate of drug-likeness (QED) is 0.427. The van der Waals surface area contributed by atoms with E-state index in [-0.39, 0.29) is 24.8 Å². The summed E-state index contributed by atoms with van der Waals surface area (Å²) in [5.74, 6) is 0.426. The zero-order valence-electron chi connectivity index (χ0n) is 19.3. The number of rotatable bonds is 5. The van der Waals surface area contributed by atoms with Crippen molar-refractivity contribution in [1.82, 2.24) is 0 Å². The van der Waals surface area contributed by atoms with Gasteiger partial charge in [-0.15, -0.1) is 0 Å². The summed E-state index contributed by atoms with van der Waals surface area (Å²) in [4.78, 5) is 0. The Labute approximate surface area is 209 Å². The van der Waals surface area contributed by atoms with Gasteiger partial charge in [0.05, 0.1) is 0 Å². The van der Waals surface area contributed by atoms with Crippen LogP contribution in [0.25, 0.3) is 5.57 Å². The summed E-state index contributed by atoms with van der Waals surface area (Å²) in [7, 11) is 1.91. The van der Waals surface area contributed by atoms with E-state index in [0.29, 0.717) is 5.92 Å². The summed E-state index contributed by atoms with van der Waals surface area (Å²) in [6, 6.07) is 30.7. The van der Waals surface area contributed by atoms with Crippen LogP contribution in [-0.4, -0.2) is 7.11 Å². The van der Waals surface area contributed by atoms with Crippen molar-refractivity contribution in [2.75, 3.05) is 7.11 Å². The van der Waals surface area contributed by atoms with Crippen LogP contribution in [-0.2, 0) is 20.3 Å². The Kier molecular flexibility index (Phi) is 9.17. The molecular weight excluding hydrogens is 471 g/mol. The molecule has 0 aromatic heterocycles. The number of halogens is 2. The predicted molar refractivity (Wildman–Crippen MR) is 125 cm³/mol. The minimum atomic E-state index is -3.36. The average molecular weight is 501 g/mol. The van der Waals surface area contributed by atoms with Gasteiger partial charge in [0.15, 0.2) is 0 Å². The third-order valence-corrected chi connectivity index (χ3v) is 13.3. The summed E-state index contributed by atoms with van der Waals surface area (Å²) in [6.45, 7) is 9.16. The molecule has 0 radical (unpaired) electrons. The van der Waals surface area contributed by atoms with E-state index in [1.54, 1.807) is 0 Å². The molecule has 0 fully saturated rings. The minimum absolute atomic E-state index is 0. The summed E-state index contributed by atoms with van der Waals surface area (Å²) in [5, 5.41) is 0. The first-order valence-corrected chi connectivity index (χ1v) is 13.6. The molecule has 4 rings (SSSR count). The molecule has 1 aliphatic rings. The number of hydrogen-bond donors (Lipinski definition) is 0. The normalized spacial score (nSPS) is 15.5. The van der Waals surface area contributed by atoms with Gasteiger partial charge < -0.3 is 24.8 Å². The van der Waals surface area contributed by atoms with Crippen LogP contribution in [0.5, 0.6) is 0 Å². The molecule has 0 heterocycles. The number of allylic oxidation sites excluding steroid dienone is 4. The second-order valence-electron chi connectivity index (χ2n) is 8.23. The van der Waals surface area contributed by atoms with E-state index < -0.39 is 17.0 Å². The van der Waals surface area contributed by atoms with Gasteiger partial charge in [0, 0.05) is 0 Å². The molecule has 166 valence electrons. The molecule has 4 heteroatoms. The fourth-order valence-electron chi connectivity index (χ4n) is 4.99. The topological polar surface area (TPSA) is 9.23 Å². The zero-order valence-corrected chi connectivity index (χ0v) is 22.4. The Morgan fingerprint density at radius 1 is 0.656 bits per heavy atom. The van der Waals surface area contributed by atoms with Crippen LogP contribution >= 0.6 is 0 Å². The standard InChI is InChI=1S/C15H17.2C6H5.CH3O.2ClH.Ti/c1-10-11(2)13(4)15(12(10)3)14-8-6-5-7-9-14;2*1-2-4-6-5-3-1;1-2;;;/h5-8,12H,1-4H3;2*1-5H;1H3;2*1H;/q;;;-1;;;+3/p-2. The van der Waals surface area contributed by atoms with Crippen LogP contribution in [0.1, 0.15) is 33.3 Å². The molecule has 0 spiro atoms. The smallest absolute Gasteiger partial charge is 1.00 e. The Morgan fingerprint density at radius 2 is 1.12 bits per heavy atom. The second kappa shape index (κ2) is 11.0. The van der Waals surface area contributed by atoms with Gasteiger partial charge >= 0.3 is 185 Å². The van der Waals surface area contributed by atoms with Gasteiger partial charge in [-0.2, -0.15) is 0 Å². The first-order chi connectivity index (χ1) is 14.5. The van der Waals surface area contributed by atoms with Crippen LogP contribution in [0.3, 0.4) is 0 Å². The maximum absolute atomic E-state index is 6.67. The molecule has 0 N–H and O–H groups in total. The van der Waals surface area contributed by atoms with Crippen LogP contribution in [0, 0.1) is 5.92 Å². The SMILES string of the molecule is C[O][Ti+2]([c]1ccccc1)([c]1ccccc1)[c]1ccccc1C1=C(C)C(C)=C(C)C1C.[Cl-].[Cl-]. The first-order valence-electron chi connectivity index (χ1n) is 10.7. The van der Waals surface area contributed by atoms with E-state index in [9.17, 15) is 0 Å². The van der Waals surface area contributed by atoms with Crippen molar-refractivity contribution in [2.45, 2.75) is 27.7 Å². The van der Waals surface area contributed by atoms with Crippen molar-refractivity contribution in [3.63, 3.8) is 0 Å². The molecular formula is C28H30Cl2OTi.